The van der Waals surface area contributed by atoms with Crippen LogP contribution < -0.4 is 9.80 Å². The Hall–Kier alpha value is -5.10. The van der Waals surface area contributed by atoms with Crippen molar-refractivity contribution >= 4 is 86.3 Å². The van der Waals surface area contributed by atoms with E-state index in [0.29, 0.717) is 10.1 Å². The van der Waals surface area contributed by atoms with E-state index in [2.05, 4.69) is 130 Å². The molecule has 4 aliphatic rings. The van der Waals surface area contributed by atoms with Gasteiger partial charge < -0.3 is 9.80 Å². The van der Waals surface area contributed by atoms with Crippen molar-refractivity contribution < 1.29 is 0 Å². The smallest absolute Gasteiger partial charge is 0.145 e. The van der Waals surface area contributed by atoms with Crippen molar-refractivity contribution in [3.05, 3.63) is 120 Å². The number of nitrogens with zero attached hydrogens (tertiary/aromatic N) is 6. The molecule has 0 saturated heterocycles. The second-order valence-corrected chi connectivity index (χ2v) is 15.8. The molecule has 6 nitrogen and oxygen atoms in total. The molecule has 0 saturated carbocycles. The predicted octanol–water partition coefficient (Wildman–Crippen LogP) is 12.2. The molecular formula is C40H22N6S4. The predicted molar refractivity (Wildman–Crippen MR) is 206 cm³/mol. The normalized spacial score (nSPS) is 14.8. The molecule has 10 heteroatoms. The maximum absolute atomic E-state index is 9.67. The molecule has 0 bridgehead atoms. The van der Waals surface area contributed by atoms with Gasteiger partial charge in [0.1, 0.15) is 20.9 Å². The third-order valence-corrected chi connectivity index (χ3v) is 12.9. The molecule has 0 fully saturated rings. The number of aromatic nitrogens is 2. The molecule has 3 heterocycles. The van der Waals surface area contributed by atoms with Crippen LogP contribution in [0.5, 0.6) is 0 Å². The van der Waals surface area contributed by atoms with Crippen molar-refractivity contribution in [2.45, 2.75) is 37.6 Å². The van der Waals surface area contributed by atoms with Gasteiger partial charge in [-0.1, -0.05) is 66.0 Å². The van der Waals surface area contributed by atoms with Crippen molar-refractivity contribution in [3.8, 4) is 33.3 Å². The number of anilines is 5. The number of rotatable bonds is 4. The number of allylic oxidation sites excluding steroid dienone is 3. The number of hydrogen-bond acceptors (Lipinski definition) is 10. The zero-order valence-corrected chi connectivity index (χ0v) is 29.4. The number of thiocyanates is 2. The lowest BCUT2D eigenvalue weighted by Crippen LogP contribution is -2.21. The van der Waals surface area contributed by atoms with E-state index in [1.165, 1.54) is 25.3 Å². The van der Waals surface area contributed by atoms with Gasteiger partial charge in [-0.05, 0) is 85.0 Å². The molecule has 6 aromatic rings. The average molecular weight is 715 g/mol. The SMILES string of the molecule is N#CSc1nc2c(nc1SC#N)-c1cc(N3c4ccccc4Sc4ccccc43)cc3cc(N4C5=C(CCC=C5)Sc5ccccc54)cc-2c13. The van der Waals surface area contributed by atoms with Gasteiger partial charge in [0.15, 0.2) is 0 Å². The van der Waals surface area contributed by atoms with Crippen LogP contribution in [0.15, 0.2) is 145 Å². The van der Waals surface area contributed by atoms with Crippen LogP contribution in [0.1, 0.15) is 12.8 Å². The van der Waals surface area contributed by atoms with E-state index < -0.39 is 0 Å². The molecule has 0 amide bonds. The van der Waals surface area contributed by atoms with Gasteiger partial charge in [0.2, 0.25) is 0 Å². The van der Waals surface area contributed by atoms with Crippen molar-refractivity contribution in [2.75, 3.05) is 9.80 Å². The molecule has 2 aliphatic heterocycles. The fraction of sp³-hybridized carbons (Fsp3) is 0.0500. The summed E-state index contributed by atoms with van der Waals surface area (Å²) in [5.41, 5.74) is 10.0. The Morgan fingerprint density at radius 1 is 0.640 bits per heavy atom. The number of hydrogen-bond donors (Lipinski definition) is 0. The Bertz CT molecular complexity index is 2570. The van der Waals surface area contributed by atoms with Crippen molar-refractivity contribution in [1.29, 1.82) is 10.5 Å². The second-order valence-electron chi connectivity index (χ2n) is 12.0. The van der Waals surface area contributed by atoms with Gasteiger partial charge in [-0.3, -0.25) is 0 Å². The summed E-state index contributed by atoms with van der Waals surface area (Å²) in [6.45, 7) is 0. The molecule has 236 valence electrons. The Kier molecular flexibility index (Phi) is 7.00. The highest BCUT2D eigenvalue weighted by molar-refractivity contribution is 8.06. The summed E-state index contributed by atoms with van der Waals surface area (Å²) >= 11 is 5.54. The lowest BCUT2D eigenvalue weighted by atomic mass is 9.99. The fourth-order valence-corrected chi connectivity index (χ4v) is 10.5. The van der Waals surface area contributed by atoms with Gasteiger partial charge in [0, 0.05) is 71.0 Å². The Labute approximate surface area is 305 Å². The van der Waals surface area contributed by atoms with E-state index in [4.69, 9.17) is 9.97 Å². The zero-order chi connectivity index (χ0) is 33.3. The summed E-state index contributed by atoms with van der Waals surface area (Å²) < 4.78 is 0. The summed E-state index contributed by atoms with van der Waals surface area (Å²) in [5.74, 6) is 0. The molecule has 0 N–H and O–H groups in total. The van der Waals surface area contributed by atoms with Crippen molar-refractivity contribution in [3.63, 3.8) is 0 Å². The van der Waals surface area contributed by atoms with Gasteiger partial charge in [0.25, 0.3) is 0 Å². The average Bonchev–Trinajstić information content (AvgIpc) is 3.45. The van der Waals surface area contributed by atoms with E-state index in [1.807, 2.05) is 11.8 Å². The van der Waals surface area contributed by atoms with Crippen molar-refractivity contribution in [1.82, 2.24) is 9.97 Å². The van der Waals surface area contributed by atoms with Gasteiger partial charge in [-0.25, -0.2) is 9.97 Å². The van der Waals surface area contributed by atoms with E-state index >= 15 is 0 Å². The third kappa shape index (κ3) is 4.53. The molecule has 10 rings (SSSR count). The first-order valence-corrected chi connectivity index (χ1v) is 19.3. The molecule has 0 atom stereocenters. The third-order valence-electron chi connectivity index (χ3n) is 9.28. The largest absolute Gasteiger partial charge is 0.309 e. The first kappa shape index (κ1) is 29.8. The summed E-state index contributed by atoms with van der Waals surface area (Å²) in [5, 5.41) is 26.7. The summed E-state index contributed by atoms with van der Waals surface area (Å²) in [4.78, 5) is 19.8. The van der Waals surface area contributed by atoms with Gasteiger partial charge in [-0.15, -0.1) is 0 Å². The molecular weight excluding hydrogens is 693 g/mol. The van der Waals surface area contributed by atoms with Crippen LogP contribution in [0.25, 0.3) is 33.3 Å². The lowest BCUT2D eigenvalue weighted by molar-refractivity contribution is 0.942. The molecule has 0 unspecified atom stereocenters. The minimum absolute atomic E-state index is 0.443. The van der Waals surface area contributed by atoms with Crippen LogP contribution in [0.2, 0.25) is 0 Å². The van der Waals surface area contributed by atoms with Crippen LogP contribution in [-0.4, -0.2) is 9.97 Å². The van der Waals surface area contributed by atoms with Gasteiger partial charge in [0.05, 0.1) is 34.1 Å². The van der Waals surface area contributed by atoms with Crippen LogP contribution >= 0.6 is 47.0 Å². The van der Waals surface area contributed by atoms with E-state index in [1.54, 1.807) is 11.8 Å². The lowest BCUT2D eigenvalue weighted by Gasteiger charge is -2.35. The molecule has 0 spiro atoms. The molecule has 1 aromatic heterocycles. The standard InChI is InChI=1S/C40H22N6S4/c41-21-47-39-40(48-22-42)44-38-27-20-25(46-30-11-3-7-15-34(30)50-35-16-8-4-12-31(35)46)18-23-17-24(19-26(36(23)27)37(38)43-39)45-28-9-1-5-13-32(28)49-33-14-6-2-10-29(33)45/h1-7,9-15,17-20H,8,16H2. The van der Waals surface area contributed by atoms with Gasteiger partial charge in [-0.2, -0.15) is 10.5 Å². The molecule has 5 aromatic carbocycles. The minimum atomic E-state index is 0.443. The van der Waals surface area contributed by atoms with Crippen LogP contribution in [0, 0.1) is 21.3 Å². The Balaban J connectivity index is 1.27. The number of benzene rings is 5. The topological polar surface area (TPSA) is 79.8 Å². The monoisotopic (exact) mass is 714 g/mol. The van der Waals surface area contributed by atoms with E-state index in [0.717, 1.165) is 98.1 Å². The zero-order valence-electron chi connectivity index (χ0n) is 26.1. The Morgan fingerprint density at radius 2 is 1.16 bits per heavy atom. The summed E-state index contributed by atoms with van der Waals surface area (Å²) in [7, 11) is 0. The highest BCUT2D eigenvalue weighted by atomic mass is 32.2. The van der Waals surface area contributed by atoms with Crippen LogP contribution in [0.4, 0.5) is 28.4 Å². The summed E-state index contributed by atoms with van der Waals surface area (Å²) in [6, 6.07) is 34.7. The quantitative estimate of drug-likeness (QED) is 0.130. The number of para-hydroxylation sites is 3. The van der Waals surface area contributed by atoms with Crippen LogP contribution in [0.3, 0.4) is 0 Å². The highest BCUT2D eigenvalue weighted by Crippen LogP contribution is 2.56. The molecule has 0 radical (unpaired) electrons. The fourth-order valence-electron chi connectivity index (χ4n) is 7.30. The summed E-state index contributed by atoms with van der Waals surface area (Å²) in [6.07, 6.45) is 6.55. The minimum Gasteiger partial charge on any atom is -0.309 e. The van der Waals surface area contributed by atoms with E-state index in [-0.39, 0.29) is 0 Å². The molecule has 2 aliphatic carbocycles. The number of fused-ring (bicyclic) bond motifs is 6. The first-order valence-electron chi connectivity index (χ1n) is 16.0. The van der Waals surface area contributed by atoms with Crippen molar-refractivity contribution in [2.24, 2.45) is 0 Å². The van der Waals surface area contributed by atoms with Crippen LogP contribution in [-0.2, 0) is 0 Å². The highest BCUT2D eigenvalue weighted by Gasteiger charge is 2.33. The number of nitriles is 2. The molecule has 50 heavy (non-hydrogen) atoms. The second kappa shape index (κ2) is 11.8. The number of thioether (sulfide) groups is 3. The Morgan fingerprint density at radius 3 is 1.74 bits per heavy atom. The first-order chi connectivity index (χ1) is 24.7. The van der Waals surface area contributed by atoms with Gasteiger partial charge >= 0.3 is 0 Å². The van der Waals surface area contributed by atoms with E-state index in [9.17, 15) is 10.5 Å². The maximum atomic E-state index is 9.67. The maximum Gasteiger partial charge on any atom is 0.145 e.